The van der Waals surface area contributed by atoms with Crippen molar-refractivity contribution in [2.75, 3.05) is 29.0 Å². The largest absolute Gasteiger partial charge is 0.484 e. The molecule has 188 valence electrons. The minimum absolute atomic E-state index is 0.142. The average molecular weight is 509 g/mol. The SMILES string of the molecule is CCc1ccccc1N(CC(=O)N/N=C\c1ccc(OCC(=O)Nc2ccccc2)cc1)S(C)(=O)=O. The van der Waals surface area contributed by atoms with Gasteiger partial charge in [-0.3, -0.25) is 13.9 Å². The van der Waals surface area contributed by atoms with Gasteiger partial charge >= 0.3 is 0 Å². The molecule has 0 aliphatic carbocycles. The third-order valence-electron chi connectivity index (χ3n) is 5.04. The number of hydrazone groups is 1. The van der Waals surface area contributed by atoms with E-state index in [2.05, 4.69) is 15.8 Å². The van der Waals surface area contributed by atoms with Gasteiger partial charge in [0.2, 0.25) is 10.0 Å². The summed E-state index contributed by atoms with van der Waals surface area (Å²) in [5.41, 5.74) is 5.01. The van der Waals surface area contributed by atoms with Crippen LogP contribution in [-0.2, 0) is 26.0 Å². The summed E-state index contributed by atoms with van der Waals surface area (Å²) in [4.78, 5) is 24.4. The summed E-state index contributed by atoms with van der Waals surface area (Å²) in [5.74, 6) is -0.357. The predicted octanol–water partition coefficient (Wildman–Crippen LogP) is 3.18. The second-order valence-electron chi connectivity index (χ2n) is 7.82. The van der Waals surface area contributed by atoms with E-state index >= 15 is 0 Å². The topological polar surface area (TPSA) is 117 Å². The molecule has 0 heterocycles. The number of hydrogen-bond acceptors (Lipinski definition) is 6. The first-order valence-corrected chi connectivity index (χ1v) is 13.1. The van der Waals surface area contributed by atoms with E-state index in [0.717, 1.165) is 16.1 Å². The molecule has 2 amide bonds. The van der Waals surface area contributed by atoms with Crippen LogP contribution in [0, 0.1) is 0 Å². The van der Waals surface area contributed by atoms with Crippen LogP contribution in [0.1, 0.15) is 18.1 Å². The fourth-order valence-corrected chi connectivity index (χ4v) is 4.18. The molecule has 3 aromatic carbocycles. The van der Waals surface area contributed by atoms with Crippen molar-refractivity contribution in [3.8, 4) is 5.75 Å². The molecule has 0 fully saturated rings. The average Bonchev–Trinajstić information content (AvgIpc) is 2.87. The second kappa shape index (κ2) is 12.5. The number of carbonyl (C=O) groups is 2. The molecule has 2 N–H and O–H groups in total. The van der Waals surface area contributed by atoms with Crippen LogP contribution in [0.25, 0.3) is 0 Å². The van der Waals surface area contributed by atoms with E-state index in [-0.39, 0.29) is 12.5 Å². The Hall–Kier alpha value is -4.18. The molecule has 3 rings (SSSR count). The second-order valence-corrected chi connectivity index (χ2v) is 9.72. The molecule has 0 radical (unpaired) electrons. The number of amides is 2. The fraction of sp³-hybridized carbons (Fsp3) is 0.192. The third kappa shape index (κ3) is 7.95. The molecule has 3 aromatic rings. The number of aryl methyl sites for hydroxylation is 1. The number of ether oxygens (including phenoxy) is 1. The zero-order valence-corrected chi connectivity index (χ0v) is 20.9. The van der Waals surface area contributed by atoms with Gasteiger partial charge in [0.1, 0.15) is 12.3 Å². The van der Waals surface area contributed by atoms with Crippen LogP contribution >= 0.6 is 0 Å². The summed E-state index contributed by atoms with van der Waals surface area (Å²) in [7, 11) is -3.68. The Morgan fingerprint density at radius 2 is 1.61 bits per heavy atom. The molecule has 0 saturated carbocycles. The molecular formula is C26H28N4O5S. The highest BCUT2D eigenvalue weighted by Crippen LogP contribution is 2.23. The maximum atomic E-state index is 12.4. The molecule has 10 heteroatoms. The van der Waals surface area contributed by atoms with E-state index in [1.807, 2.05) is 37.3 Å². The van der Waals surface area contributed by atoms with E-state index in [1.165, 1.54) is 6.21 Å². The van der Waals surface area contributed by atoms with Crippen molar-refractivity contribution in [2.45, 2.75) is 13.3 Å². The van der Waals surface area contributed by atoms with Gasteiger partial charge in [0.25, 0.3) is 11.8 Å². The molecule has 0 unspecified atom stereocenters. The number of carbonyl (C=O) groups excluding carboxylic acids is 2. The number of para-hydroxylation sites is 2. The zero-order chi connectivity index (χ0) is 26.0. The van der Waals surface area contributed by atoms with Gasteiger partial charge in [0.05, 0.1) is 18.2 Å². The van der Waals surface area contributed by atoms with Crippen LogP contribution in [0.2, 0.25) is 0 Å². The Labute approximate surface area is 210 Å². The summed E-state index contributed by atoms with van der Waals surface area (Å²) >= 11 is 0. The number of nitrogens with one attached hydrogen (secondary N) is 2. The Balaban J connectivity index is 1.52. The molecule has 0 spiro atoms. The monoisotopic (exact) mass is 508 g/mol. The highest BCUT2D eigenvalue weighted by molar-refractivity contribution is 7.92. The lowest BCUT2D eigenvalue weighted by atomic mass is 10.1. The molecule has 36 heavy (non-hydrogen) atoms. The maximum Gasteiger partial charge on any atom is 0.262 e. The van der Waals surface area contributed by atoms with Gasteiger partial charge in [-0.25, -0.2) is 13.8 Å². The smallest absolute Gasteiger partial charge is 0.262 e. The molecule has 0 aliphatic rings. The van der Waals surface area contributed by atoms with Crippen molar-refractivity contribution in [1.82, 2.24) is 5.43 Å². The molecule has 0 saturated heterocycles. The quantitative estimate of drug-likeness (QED) is 0.305. The van der Waals surface area contributed by atoms with Crippen LogP contribution in [-0.4, -0.2) is 45.9 Å². The normalized spacial score (nSPS) is 11.2. The summed E-state index contributed by atoms with van der Waals surface area (Å²) in [5, 5.41) is 6.65. The number of anilines is 2. The van der Waals surface area contributed by atoms with Crippen molar-refractivity contribution in [1.29, 1.82) is 0 Å². The van der Waals surface area contributed by atoms with Gasteiger partial charge in [0, 0.05) is 5.69 Å². The lowest BCUT2D eigenvalue weighted by Gasteiger charge is -2.23. The van der Waals surface area contributed by atoms with Crippen molar-refractivity contribution in [2.24, 2.45) is 5.10 Å². The minimum atomic E-state index is -3.68. The maximum absolute atomic E-state index is 12.4. The lowest BCUT2D eigenvalue weighted by Crippen LogP contribution is -2.39. The van der Waals surface area contributed by atoms with Gasteiger partial charge in [-0.15, -0.1) is 0 Å². The molecule has 0 atom stereocenters. The first-order valence-electron chi connectivity index (χ1n) is 11.2. The van der Waals surface area contributed by atoms with Crippen molar-refractivity contribution >= 4 is 39.4 Å². The molecule has 0 aromatic heterocycles. The van der Waals surface area contributed by atoms with Gasteiger partial charge < -0.3 is 10.1 Å². The Morgan fingerprint density at radius 1 is 0.944 bits per heavy atom. The van der Waals surface area contributed by atoms with E-state index in [1.54, 1.807) is 48.5 Å². The number of sulfonamides is 1. The number of benzene rings is 3. The number of nitrogens with zero attached hydrogens (tertiary/aromatic N) is 2. The van der Waals surface area contributed by atoms with Crippen LogP contribution in [0.4, 0.5) is 11.4 Å². The minimum Gasteiger partial charge on any atom is -0.484 e. The van der Waals surface area contributed by atoms with Crippen LogP contribution in [0.5, 0.6) is 5.75 Å². The predicted molar refractivity (Wildman–Crippen MR) is 141 cm³/mol. The number of hydrogen-bond donors (Lipinski definition) is 2. The first kappa shape index (κ1) is 26.4. The molecule has 9 nitrogen and oxygen atoms in total. The third-order valence-corrected chi connectivity index (χ3v) is 6.17. The Kier molecular flexibility index (Phi) is 9.18. The van der Waals surface area contributed by atoms with E-state index in [4.69, 9.17) is 4.74 Å². The van der Waals surface area contributed by atoms with Crippen molar-refractivity contribution < 1.29 is 22.7 Å². The summed E-state index contributed by atoms with van der Waals surface area (Å²) in [6.07, 6.45) is 3.11. The first-order chi connectivity index (χ1) is 17.3. The van der Waals surface area contributed by atoms with Crippen LogP contribution < -0.4 is 19.8 Å². The summed E-state index contributed by atoms with van der Waals surface area (Å²) in [6, 6.07) is 22.9. The molecule has 0 aliphatic heterocycles. The van der Waals surface area contributed by atoms with E-state index in [0.29, 0.717) is 29.1 Å². The van der Waals surface area contributed by atoms with Crippen molar-refractivity contribution in [3.05, 3.63) is 90.0 Å². The standard InChI is InChI=1S/C26H28N4O5S/c1-3-21-9-7-8-12-24(21)30(36(2,33)34)18-25(31)29-27-17-20-13-15-23(16-14-20)35-19-26(32)28-22-10-5-4-6-11-22/h4-17H,3,18-19H2,1-2H3,(H,28,32)(H,29,31)/b27-17-. The van der Waals surface area contributed by atoms with Crippen molar-refractivity contribution in [3.63, 3.8) is 0 Å². The highest BCUT2D eigenvalue weighted by Gasteiger charge is 2.22. The van der Waals surface area contributed by atoms with E-state index < -0.39 is 22.5 Å². The fourth-order valence-electron chi connectivity index (χ4n) is 3.30. The van der Waals surface area contributed by atoms with Gasteiger partial charge in [-0.2, -0.15) is 5.10 Å². The summed E-state index contributed by atoms with van der Waals surface area (Å²) < 4.78 is 31.2. The number of rotatable bonds is 11. The van der Waals surface area contributed by atoms with Crippen LogP contribution in [0.3, 0.4) is 0 Å². The van der Waals surface area contributed by atoms with Crippen LogP contribution in [0.15, 0.2) is 84.0 Å². The summed E-state index contributed by atoms with van der Waals surface area (Å²) in [6.45, 7) is 1.38. The van der Waals surface area contributed by atoms with Gasteiger partial charge in [-0.05, 0) is 60.0 Å². The highest BCUT2D eigenvalue weighted by atomic mass is 32.2. The van der Waals surface area contributed by atoms with Gasteiger partial charge in [-0.1, -0.05) is 43.3 Å². The Morgan fingerprint density at radius 3 is 2.28 bits per heavy atom. The zero-order valence-electron chi connectivity index (χ0n) is 20.0. The lowest BCUT2D eigenvalue weighted by molar-refractivity contribution is -0.119. The van der Waals surface area contributed by atoms with Gasteiger partial charge in [0.15, 0.2) is 6.61 Å². The Bertz CT molecular complexity index is 1310. The van der Waals surface area contributed by atoms with E-state index in [9.17, 15) is 18.0 Å². The molecular weight excluding hydrogens is 480 g/mol. The molecule has 0 bridgehead atoms.